The maximum atomic E-state index is 12.4. The summed E-state index contributed by atoms with van der Waals surface area (Å²) in [5, 5.41) is 13.8. The molecule has 1 aliphatic rings. The largest absolute Gasteiger partial charge is 0.480 e. The number of carboxylic acid groups (broad SMARTS) is 1. The lowest BCUT2D eigenvalue weighted by molar-refractivity contribution is -0.141. The van der Waals surface area contributed by atoms with Crippen LogP contribution in [0.5, 0.6) is 0 Å². The molecule has 0 unspecified atom stereocenters. The third kappa shape index (κ3) is 4.58. The normalized spacial score (nSPS) is 13.0. The van der Waals surface area contributed by atoms with Gasteiger partial charge in [0.15, 0.2) is 0 Å². The third-order valence-electron chi connectivity index (χ3n) is 5.76. The number of likely N-dealkylation sites (N-methyl/N-ethyl adjacent to an activating group) is 1. The van der Waals surface area contributed by atoms with Gasteiger partial charge in [0.1, 0.15) is 23.4 Å². The number of nitrogens with one attached hydrogen (secondary N) is 1. The Balaban J connectivity index is 1.33. The van der Waals surface area contributed by atoms with Gasteiger partial charge in [0.2, 0.25) is 0 Å². The van der Waals surface area contributed by atoms with Gasteiger partial charge in [-0.25, -0.2) is 14.6 Å². The molecule has 0 spiro atoms. The summed E-state index contributed by atoms with van der Waals surface area (Å²) < 4.78 is 5.50. The summed E-state index contributed by atoms with van der Waals surface area (Å²) in [4.78, 5) is 41.1. The molecule has 4 rings (SSSR count). The minimum atomic E-state index is -1.10. The van der Waals surface area contributed by atoms with Crippen molar-refractivity contribution in [3.05, 3.63) is 75.7 Å². The van der Waals surface area contributed by atoms with E-state index >= 15 is 0 Å². The number of benzene rings is 2. The minimum Gasteiger partial charge on any atom is -0.480 e. The van der Waals surface area contributed by atoms with Gasteiger partial charge in [-0.05, 0) is 29.2 Å². The Morgan fingerprint density at radius 2 is 1.73 bits per heavy atom. The molecule has 0 aliphatic heterocycles. The molecule has 3 aromatic rings. The van der Waals surface area contributed by atoms with Gasteiger partial charge in [0.25, 0.3) is 5.91 Å². The van der Waals surface area contributed by atoms with Crippen LogP contribution in [0, 0.1) is 0 Å². The molecule has 2 amide bonds. The molecule has 0 saturated carbocycles. The van der Waals surface area contributed by atoms with Gasteiger partial charge in [-0.15, -0.1) is 11.3 Å². The van der Waals surface area contributed by atoms with Gasteiger partial charge < -0.3 is 20.1 Å². The number of aromatic nitrogens is 1. The minimum absolute atomic E-state index is 0.0287. The second-order valence-corrected chi connectivity index (χ2v) is 8.68. The summed E-state index contributed by atoms with van der Waals surface area (Å²) in [6.45, 7) is 1.73. The highest BCUT2D eigenvalue weighted by molar-refractivity contribution is 7.09. The van der Waals surface area contributed by atoms with Crippen molar-refractivity contribution >= 4 is 29.3 Å². The zero-order valence-electron chi connectivity index (χ0n) is 18.1. The van der Waals surface area contributed by atoms with Gasteiger partial charge >= 0.3 is 12.1 Å². The summed E-state index contributed by atoms with van der Waals surface area (Å²) >= 11 is 1.21. The number of rotatable bonds is 7. The molecular formula is C24H23N3O5S. The topological polar surface area (TPSA) is 109 Å². The van der Waals surface area contributed by atoms with Crippen molar-refractivity contribution in [1.82, 2.24) is 15.2 Å². The number of aliphatic carboxylic acids is 1. The van der Waals surface area contributed by atoms with Crippen molar-refractivity contribution in [2.45, 2.75) is 25.4 Å². The summed E-state index contributed by atoms with van der Waals surface area (Å²) in [6, 6.07) is 15.2. The SMILES string of the molecule is C[C@@H](C(=O)O)N(C)C(=O)c1csc(CNC(=O)OCC2c3ccccc3-c3ccccc32)n1. The molecule has 1 aliphatic carbocycles. The van der Waals surface area contributed by atoms with E-state index in [-0.39, 0.29) is 24.8 Å². The number of thiazole rings is 1. The maximum Gasteiger partial charge on any atom is 0.407 e. The van der Waals surface area contributed by atoms with Crippen LogP contribution in [0.1, 0.15) is 39.5 Å². The molecule has 2 aromatic carbocycles. The number of ether oxygens (including phenoxy) is 1. The Kier molecular flexibility index (Phi) is 6.41. The summed E-state index contributed by atoms with van der Waals surface area (Å²) in [7, 11) is 1.41. The fourth-order valence-electron chi connectivity index (χ4n) is 3.81. The second-order valence-electron chi connectivity index (χ2n) is 7.74. The van der Waals surface area contributed by atoms with Crippen LogP contribution in [-0.4, -0.2) is 52.7 Å². The first-order chi connectivity index (χ1) is 15.9. The zero-order chi connectivity index (χ0) is 23.5. The second kappa shape index (κ2) is 9.41. The number of alkyl carbamates (subject to hydrolysis) is 1. The number of fused-ring (bicyclic) bond motifs is 3. The molecule has 9 heteroatoms. The monoisotopic (exact) mass is 465 g/mol. The number of carbonyl (C=O) groups is 3. The molecule has 1 atom stereocenters. The molecule has 1 aromatic heterocycles. The first kappa shape index (κ1) is 22.5. The quantitative estimate of drug-likeness (QED) is 0.550. The van der Waals surface area contributed by atoms with Crippen LogP contribution >= 0.6 is 11.3 Å². The molecule has 33 heavy (non-hydrogen) atoms. The Hall–Kier alpha value is -3.72. The molecular weight excluding hydrogens is 442 g/mol. The van der Waals surface area contributed by atoms with Crippen LogP contribution < -0.4 is 5.32 Å². The Labute approximate surface area is 194 Å². The molecule has 8 nitrogen and oxygen atoms in total. The van der Waals surface area contributed by atoms with E-state index in [0.717, 1.165) is 27.2 Å². The van der Waals surface area contributed by atoms with E-state index in [4.69, 9.17) is 9.84 Å². The van der Waals surface area contributed by atoms with Gasteiger partial charge in [-0.3, -0.25) is 4.79 Å². The first-order valence-electron chi connectivity index (χ1n) is 10.4. The van der Waals surface area contributed by atoms with Crippen molar-refractivity contribution in [2.75, 3.05) is 13.7 Å². The van der Waals surface area contributed by atoms with E-state index in [1.165, 1.54) is 25.3 Å². The van der Waals surface area contributed by atoms with Gasteiger partial charge in [0.05, 0.1) is 6.54 Å². The number of amides is 2. The maximum absolute atomic E-state index is 12.4. The predicted octanol–water partition coefficient (Wildman–Crippen LogP) is 3.73. The van der Waals surface area contributed by atoms with Crippen molar-refractivity contribution in [3.8, 4) is 11.1 Å². The molecule has 170 valence electrons. The van der Waals surface area contributed by atoms with Crippen molar-refractivity contribution < 1.29 is 24.2 Å². The highest BCUT2D eigenvalue weighted by atomic mass is 32.1. The fraction of sp³-hybridized carbons (Fsp3) is 0.250. The number of carboxylic acids is 1. The Bertz CT molecular complexity index is 1160. The van der Waals surface area contributed by atoms with Gasteiger partial charge in [-0.2, -0.15) is 0 Å². The number of nitrogens with zero attached hydrogens (tertiary/aromatic N) is 2. The summed E-state index contributed by atoms with van der Waals surface area (Å²) in [5.41, 5.74) is 4.72. The van der Waals surface area contributed by atoms with Gasteiger partial charge in [-0.1, -0.05) is 48.5 Å². The molecule has 1 heterocycles. The molecule has 0 bridgehead atoms. The first-order valence-corrected chi connectivity index (χ1v) is 11.3. The van der Waals surface area contributed by atoms with Crippen molar-refractivity contribution in [1.29, 1.82) is 0 Å². The predicted molar refractivity (Wildman–Crippen MR) is 123 cm³/mol. The number of hydrogen-bond acceptors (Lipinski definition) is 6. The van der Waals surface area contributed by atoms with E-state index in [1.807, 2.05) is 24.3 Å². The van der Waals surface area contributed by atoms with E-state index in [0.29, 0.717) is 5.01 Å². The van der Waals surface area contributed by atoms with Crippen LogP contribution in [0.15, 0.2) is 53.9 Å². The third-order valence-corrected chi connectivity index (χ3v) is 6.61. The standard InChI is InChI=1S/C24H23N3O5S/c1-14(23(29)30)27(2)22(28)20-13-33-21(26-20)11-25-24(31)32-12-19-17-9-5-3-7-15(17)16-8-4-6-10-18(16)19/h3-10,13-14,19H,11-12H2,1-2H3,(H,25,31)(H,29,30)/t14-/m0/s1. The lowest BCUT2D eigenvalue weighted by Crippen LogP contribution is -2.40. The Morgan fingerprint density at radius 1 is 1.12 bits per heavy atom. The summed E-state index contributed by atoms with van der Waals surface area (Å²) in [5.74, 6) is -1.62. The van der Waals surface area contributed by atoms with Crippen LogP contribution in [-0.2, 0) is 16.1 Å². The molecule has 2 N–H and O–H groups in total. The van der Waals surface area contributed by atoms with Crippen molar-refractivity contribution in [3.63, 3.8) is 0 Å². The highest BCUT2D eigenvalue weighted by Gasteiger charge is 2.29. The molecule has 0 saturated heterocycles. The van der Waals surface area contributed by atoms with E-state index in [1.54, 1.807) is 5.38 Å². The lowest BCUT2D eigenvalue weighted by Gasteiger charge is -2.20. The lowest BCUT2D eigenvalue weighted by atomic mass is 9.98. The number of hydrogen-bond donors (Lipinski definition) is 2. The van der Waals surface area contributed by atoms with Crippen LogP contribution in [0.2, 0.25) is 0 Å². The number of carbonyl (C=O) groups excluding carboxylic acids is 2. The van der Waals surface area contributed by atoms with Crippen LogP contribution in [0.25, 0.3) is 11.1 Å². The summed E-state index contributed by atoms with van der Waals surface area (Å²) in [6.07, 6.45) is -0.573. The average Bonchev–Trinajstić information content (AvgIpc) is 3.43. The average molecular weight is 466 g/mol. The smallest absolute Gasteiger partial charge is 0.407 e. The van der Waals surface area contributed by atoms with E-state index in [2.05, 4.69) is 34.6 Å². The molecule has 0 fully saturated rings. The Morgan fingerprint density at radius 3 is 2.33 bits per heavy atom. The fourth-order valence-corrected chi connectivity index (χ4v) is 4.52. The van der Waals surface area contributed by atoms with Crippen LogP contribution in [0.4, 0.5) is 4.79 Å². The van der Waals surface area contributed by atoms with E-state index in [9.17, 15) is 14.4 Å². The zero-order valence-corrected chi connectivity index (χ0v) is 19.0. The van der Waals surface area contributed by atoms with Crippen LogP contribution in [0.3, 0.4) is 0 Å². The van der Waals surface area contributed by atoms with E-state index < -0.39 is 24.0 Å². The highest BCUT2D eigenvalue weighted by Crippen LogP contribution is 2.44. The molecule has 0 radical (unpaired) electrons. The van der Waals surface area contributed by atoms with Gasteiger partial charge in [0, 0.05) is 18.3 Å². The van der Waals surface area contributed by atoms with Crippen molar-refractivity contribution in [2.24, 2.45) is 0 Å².